The smallest absolute Gasteiger partial charge is 0.308 e. The molecule has 2 aromatic carbocycles. The molecule has 6 heteroatoms. The predicted molar refractivity (Wildman–Crippen MR) is 97.5 cm³/mol. The maximum Gasteiger partial charge on any atom is 0.308 e. The molecule has 1 amide bonds. The van der Waals surface area contributed by atoms with Gasteiger partial charge in [0.15, 0.2) is 0 Å². The number of ether oxygens (including phenoxy) is 2. The van der Waals surface area contributed by atoms with Crippen LogP contribution in [0.4, 0.5) is 0 Å². The van der Waals surface area contributed by atoms with Crippen molar-refractivity contribution in [3.05, 3.63) is 59.7 Å². The maximum atomic E-state index is 12.2. The number of methoxy groups -OCH3 is 2. The molecule has 0 aliphatic heterocycles. The van der Waals surface area contributed by atoms with Crippen LogP contribution in [0.5, 0.6) is 11.5 Å². The van der Waals surface area contributed by atoms with Gasteiger partial charge in [-0.3, -0.25) is 9.59 Å². The van der Waals surface area contributed by atoms with Crippen molar-refractivity contribution in [3.8, 4) is 11.5 Å². The summed E-state index contributed by atoms with van der Waals surface area (Å²) >= 11 is 0. The molecule has 0 radical (unpaired) electrons. The van der Waals surface area contributed by atoms with Gasteiger partial charge in [-0.15, -0.1) is 0 Å². The van der Waals surface area contributed by atoms with E-state index in [0.29, 0.717) is 11.5 Å². The number of carbonyl (C=O) groups is 2. The van der Waals surface area contributed by atoms with E-state index in [4.69, 9.17) is 9.47 Å². The minimum Gasteiger partial charge on any atom is -0.496 e. The van der Waals surface area contributed by atoms with E-state index in [1.165, 1.54) is 0 Å². The van der Waals surface area contributed by atoms with Crippen molar-refractivity contribution in [1.29, 1.82) is 0 Å². The molecule has 26 heavy (non-hydrogen) atoms. The van der Waals surface area contributed by atoms with Crippen LogP contribution in [0.1, 0.15) is 11.1 Å². The van der Waals surface area contributed by atoms with Crippen LogP contribution in [-0.2, 0) is 22.4 Å². The van der Waals surface area contributed by atoms with Crippen LogP contribution >= 0.6 is 0 Å². The van der Waals surface area contributed by atoms with Crippen LogP contribution < -0.4 is 14.8 Å². The summed E-state index contributed by atoms with van der Waals surface area (Å²) in [7, 11) is 3.09. The van der Waals surface area contributed by atoms with Crippen molar-refractivity contribution in [3.63, 3.8) is 0 Å². The Balaban J connectivity index is 1.98. The molecule has 0 spiro atoms. The molecule has 2 aromatic rings. The van der Waals surface area contributed by atoms with E-state index < -0.39 is 11.9 Å². The highest BCUT2D eigenvalue weighted by atomic mass is 16.5. The highest BCUT2D eigenvalue weighted by molar-refractivity contribution is 5.80. The highest BCUT2D eigenvalue weighted by Gasteiger charge is 2.21. The second kappa shape index (κ2) is 9.46. The molecule has 0 saturated carbocycles. The van der Waals surface area contributed by atoms with Gasteiger partial charge in [0, 0.05) is 12.1 Å². The number of hydrogen-bond donors (Lipinski definition) is 2. The monoisotopic (exact) mass is 357 g/mol. The van der Waals surface area contributed by atoms with E-state index in [1.807, 2.05) is 36.4 Å². The first-order valence-corrected chi connectivity index (χ1v) is 8.28. The Kier molecular flexibility index (Phi) is 7.02. The summed E-state index contributed by atoms with van der Waals surface area (Å²) in [6.07, 6.45) is 0.402. The fourth-order valence-corrected chi connectivity index (χ4v) is 2.71. The Morgan fingerprint density at radius 2 is 1.50 bits per heavy atom. The maximum absolute atomic E-state index is 12.2. The van der Waals surface area contributed by atoms with Crippen LogP contribution in [0, 0.1) is 5.92 Å². The average molecular weight is 357 g/mol. The number of aliphatic carboxylic acids is 1. The number of carboxylic acids is 1. The van der Waals surface area contributed by atoms with Gasteiger partial charge in [0.25, 0.3) is 0 Å². The number of benzene rings is 2. The lowest BCUT2D eigenvalue weighted by atomic mass is 9.98. The minimum absolute atomic E-state index is 0.0430. The van der Waals surface area contributed by atoms with Gasteiger partial charge in [-0.05, 0) is 24.1 Å². The molecule has 0 fully saturated rings. The van der Waals surface area contributed by atoms with E-state index in [0.717, 1.165) is 11.1 Å². The molecule has 2 N–H and O–H groups in total. The third-order valence-electron chi connectivity index (χ3n) is 4.10. The van der Waals surface area contributed by atoms with Crippen molar-refractivity contribution in [2.75, 3.05) is 20.8 Å². The molecule has 1 unspecified atom stereocenters. The molecule has 0 aliphatic carbocycles. The normalized spacial score (nSPS) is 11.5. The zero-order valence-electron chi connectivity index (χ0n) is 14.9. The van der Waals surface area contributed by atoms with Crippen molar-refractivity contribution in [2.24, 2.45) is 5.92 Å². The number of carbonyl (C=O) groups excluding carboxylic acids is 1. The first kappa shape index (κ1) is 19.3. The molecule has 0 bridgehead atoms. The van der Waals surface area contributed by atoms with Crippen LogP contribution in [0.2, 0.25) is 0 Å². The third kappa shape index (κ3) is 5.24. The lowest BCUT2D eigenvalue weighted by molar-refractivity contribution is -0.141. The number of carboxylic acid groups (broad SMARTS) is 1. The van der Waals surface area contributed by atoms with Crippen molar-refractivity contribution in [2.45, 2.75) is 12.8 Å². The van der Waals surface area contributed by atoms with Gasteiger partial charge >= 0.3 is 5.97 Å². The second-order valence-corrected chi connectivity index (χ2v) is 5.84. The average Bonchev–Trinajstić information content (AvgIpc) is 2.65. The zero-order valence-corrected chi connectivity index (χ0v) is 14.9. The van der Waals surface area contributed by atoms with Crippen molar-refractivity contribution < 1.29 is 24.2 Å². The molecule has 2 rings (SSSR count). The molecule has 6 nitrogen and oxygen atoms in total. The largest absolute Gasteiger partial charge is 0.496 e. The number of nitrogens with one attached hydrogen (secondary N) is 1. The Bertz CT molecular complexity index is 759. The molecular formula is C20H23NO5. The molecular weight excluding hydrogens is 334 g/mol. The fraction of sp³-hybridized carbons (Fsp3) is 0.300. The topological polar surface area (TPSA) is 84.9 Å². The third-order valence-corrected chi connectivity index (χ3v) is 4.10. The highest BCUT2D eigenvalue weighted by Crippen LogP contribution is 2.21. The standard InChI is InChI=1S/C20H23NO5/c1-25-17-9-5-3-7-14(17)11-16(20(23)24)13-21-19(22)12-15-8-4-6-10-18(15)26-2/h3-10,16H,11-13H2,1-2H3,(H,21,22)(H,23,24). The molecule has 1 atom stereocenters. The van der Waals surface area contributed by atoms with E-state index in [-0.39, 0.29) is 25.3 Å². The fourth-order valence-electron chi connectivity index (χ4n) is 2.71. The Morgan fingerprint density at radius 3 is 2.08 bits per heavy atom. The lowest BCUT2D eigenvalue weighted by Gasteiger charge is -2.16. The van der Waals surface area contributed by atoms with E-state index >= 15 is 0 Å². The summed E-state index contributed by atoms with van der Waals surface area (Å²) in [4.78, 5) is 23.8. The predicted octanol–water partition coefficient (Wildman–Crippen LogP) is 2.31. The van der Waals surface area contributed by atoms with Gasteiger partial charge in [0.2, 0.25) is 5.91 Å². The number of amides is 1. The SMILES string of the molecule is COc1ccccc1CC(=O)NCC(Cc1ccccc1OC)C(=O)O. The first-order chi connectivity index (χ1) is 12.5. The Labute approximate surface area is 152 Å². The van der Waals surface area contributed by atoms with Gasteiger partial charge in [-0.1, -0.05) is 36.4 Å². The summed E-state index contributed by atoms with van der Waals surface area (Å²) in [5.41, 5.74) is 1.55. The van der Waals surface area contributed by atoms with Gasteiger partial charge in [-0.25, -0.2) is 0 Å². The summed E-state index contributed by atoms with van der Waals surface area (Å²) < 4.78 is 10.5. The van der Waals surface area contributed by atoms with Crippen molar-refractivity contribution >= 4 is 11.9 Å². The molecule has 0 saturated heterocycles. The summed E-state index contributed by atoms with van der Waals surface area (Å²) in [5, 5.41) is 12.2. The molecule has 0 aromatic heterocycles. The van der Waals surface area contributed by atoms with Gasteiger partial charge in [0.1, 0.15) is 11.5 Å². The summed E-state index contributed by atoms with van der Waals surface area (Å²) in [6.45, 7) is 0.0430. The van der Waals surface area contributed by atoms with Gasteiger partial charge in [0.05, 0.1) is 26.6 Å². The Hall–Kier alpha value is -3.02. The van der Waals surface area contributed by atoms with E-state index in [9.17, 15) is 14.7 Å². The second-order valence-electron chi connectivity index (χ2n) is 5.84. The number of hydrogen-bond acceptors (Lipinski definition) is 4. The summed E-state index contributed by atoms with van der Waals surface area (Å²) in [5.74, 6) is -0.687. The van der Waals surface area contributed by atoms with Gasteiger partial charge < -0.3 is 19.9 Å². The van der Waals surface area contributed by atoms with Crippen LogP contribution in [0.25, 0.3) is 0 Å². The molecule has 138 valence electrons. The van der Waals surface area contributed by atoms with Crippen LogP contribution in [-0.4, -0.2) is 37.7 Å². The van der Waals surface area contributed by atoms with Crippen LogP contribution in [0.3, 0.4) is 0 Å². The van der Waals surface area contributed by atoms with E-state index in [2.05, 4.69) is 5.32 Å². The first-order valence-electron chi connectivity index (χ1n) is 8.28. The Morgan fingerprint density at radius 1 is 0.962 bits per heavy atom. The minimum atomic E-state index is -0.964. The van der Waals surface area contributed by atoms with Crippen LogP contribution in [0.15, 0.2) is 48.5 Å². The van der Waals surface area contributed by atoms with Crippen molar-refractivity contribution in [1.82, 2.24) is 5.32 Å². The molecule has 0 heterocycles. The lowest BCUT2D eigenvalue weighted by Crippen LogP contribution is -2.35. The zero-order chi connectivity index (χ0) is 18.9. The summed E-state index contributed by atoms with van der Waals surface area (Å²) in [6, 6.07) is 14.5. The quantitative estimate of drug-likeness (QED) is 0.719. The van der Waals surface area contributed by atoms with Gasteiger partial charge in [-0.2, -0.15) is 0 Å². The number of para-hydroxylation sites is 2. The number of rotatable bonds is 9. The molecule has 0 aliphatic rings. The van der Waals surface area contributed by atoms with E-state index in [1.54, 1.807) is 26.4 Å².